The van der Waals surface area contributed by atoms with Crippen molar-refractivity contribution in [2.24, 2.45) is 5.73 Å². The van der Waals surface area contributed by atoms with Crippen molar-refractivity contribution in [2.75, 3.05) is 25.0 Å². The highest BCUT2D eigenvalue weighted by Crippen LogP contribution is 2.22. The predicted octanol–water partition coefficient (Wildman–Crippen LogP) is 1.44. The lowest BCUT2D eigenvalue weighted by Crippen LogP contribution is -2.47. The standard InChI is InChI=1S/C11H16ClN3/c12-9-1-3-10(4-2-9)15-11(7-13)5-6-14-8-11/h1-4,14-15H,5-8,13H2. The molecule has 0 saturated carbocycles. The second-order valence-corrected chi connectivity index (χ2v) is 4.48. The SMILES string of the molecule is NCC1(Nc2ccc(Cl)cc2)CCNC1. The van der Waals surface area contributed by atoms with E-state index in [0.29, 0.717) is 6.54 Å². The van der Waals surface area contributed by atoms with E-state index in [1.54, 1.807) is 0 Å². The summed E-state index contributed by atoms with van der Waals surface area (Å²) in [5.41, 5.74) is 6.90. The molecule has 4 heteroatoms. The van der Waals surface area contributed by atoms with Gasteiger partial charge in [-0.1, -0.05) is 11.6 Å². The minimum Gasteiger partial charge on any atom is -0.377 e. The molecule has 0 spiro atoms. The van der Waals surface area contributed by atoms with E-state index in [0.717, 1.165) is 30.2 Å². The number of nitrogens with two attached hydrogens (primary N) is 1. The Labute approximate surface area is 95.0 Å². The largest absolute Gasteiger partial charge is 0.377 e. The van der Waals surface area contributed by atoms with Gasteiger partial charge in [-0.05, 0) is 37.2 Å². The van der Waals surface area contributed by atoms with Gasteiger partial charge in [-0.2, -0.15) is 0 Å². The molecule has 15 heavy (non-hydrogen) atoms. The molecule has 0 radical (unpaired) electrons. The highest BCUT2D eigenvalue weighted by atomic mass is 35.5. The molecule has 1 saturated heterocycles. The van der Waals surface area contributed by atoms with E-state index in [9.17, 15) is 0 Å². The van der Waals surface area contributed by atoms with E-state index in [-0.39, 0.29) is 5.54 Å². The van der Waals surface area contributed by atoms with E-state index < -0.39 is 0 Å². The van der Waals surface area contributed by atoms with Crippen LogP contribution in [-0.2, 0) is 0 Å². The third kappa shape index (κ3) is 2.43. The second-order valence-electron chi connectivity index (χ2n) is 4.04. The van der Waals surface area contributed by atoms with E-state index in [1.165, 1.54) is 0 Å². The topological polar surface area (TPSA) is 50.1 Å². The van der Waals surface area contributed by atoms with Crippen LogP contribution in [0.3, 0.4) is 0 Å². The van der Waals surface area contributed by atoms with E-state index in [2.05, 4.69) is 10.6 Å². The van der Waals surface area contributed by atoms with Crippen molar-refractivity contribution >= 4 is 17.3 Å². The number of anilines is 1. The maximum Gasteiger partial charge on any atom is 0.0631 e. The minimum absolute atomic E-state index is 0.00777. The van der Waals surface area contributed by atoms with Gasteiger partial charge in [0.15, 0.2) is 0 Å². The molecule has 1 fully saturated rings. The molecule has 1 atom stereocenters. The van der Waals surface area contributed by atoms with E-state index in [1.807, 2.05) is 24.3 Å². The van der Waals surface area contributed by atoms with Crippen molar-refractivity contribution in [3.8, 4) is 0 Å². The van der Waals surface area contributed by atoms with Gasteiger partial charge in [-0.3, -0.25) is 0 Å². The molecule has 2 rings (SSSR count). The van der Waals surface area contributed by atoms with Crippen LogP contribution in [0.25, 0.3) is 0 Å². The smallest absolute Gasteiger partial charge is 0.0631 e. The summed E-state index contributed by atoms with van der Waals surface area (Å²) in [5.74, 6) is 0. The Bertz CT molecular complexity index is 317. The van der Waals surface area contributed by atoms with Crippen LogP contribution in [0.4, 0.5) is 5.69 Å². The Hall–Kier alpha value is -0.770. The summed E-state index contributed by atoms with van der Waals surface area (Å²) in [6.07, 6.45) is 1.06. The summed E-state index contributed by atoms with van der Waals surface area (Å²) in [6.45, 7) is 2.59. The maximum absolute atomic E-state index is 5.83. The van der Waals surface area contributed by atoms with Gasteiger partial charge in [0.2, 0.25) is 0 Å². The third-order valence-electron chi connectivity index (χ3n) is 2.89. The van der Waals surface area contributed by atoms with Crippen molar-refractivity contribution in [3.05, 3.63) is 29.3 Å². The molecule has 1 aromatic rings. The number of benzene rings is 1. The molecule has 3 nitrogen and oxygen atoms in total. The molecule has 1 aromatic carbocycles. The summed E-state index contributed by atoms with van der Waals surface area (Å²) in [7, 11) is 0. The summed E-state index contributed by atoms with van der Waals surface area (Å²) < 4.78 is 0. The summed E-state index contributed by atoms with van der Waals surface area (Å²) in [6, 6.07) is 7.74. The highest BCUT2D eigenvalue weighted by molar-refractivity contribution is 6.30. The van der Waals surface area contributed by atoms with Gasteiger partial charge >= 0.3 is 0 Å². The summed E-state index contributed by atoms with van der Waals surface area (Å²) in [5, 5.41) is 7.57. The van der Waals surface area contributed by atoms with E-state index >= 15 is 0 Å². The van der Waals surface area contributed by atoms with Gasteiger partial charge in [0.25, 0.3) is 0 Å². The molecule has 1 unspecified atom stereocenters. The van der Waals surface area contributed by atoms with Crippen LogP contribution < -0.4 is 16.4 Å². The number of rotatable bonds is 3. The Morgan fingerprint density at radius 1 is 1.40 bits per heavy atom. The molecular weight excluding hydrogens is 210 g/mol. The summed E-state index contributed by atoms with van der Waals surface area (Å²) in [4.78, 5) is 0. The van der Waals surface area contributed by atoms with E-state index in [4.69, 9.17) is 17.3 Å². The molecule has 1 aliphatic heterocycles. The Morgan fingerprint density at radius 2 is 2.13 bits per heavy atom. The van der Waals surface area contributed by atoms with Crippen LogP contribution in [0.15, 0.2) is 24.3 Å². The number of halogens is 1. The minimum atomic E-state index is 0.00777. The first-order valence-corrected chi connectivity index (χ1v) is 5.56. The molecule has 1 heterocycles. The molecule has 1 aliphatic rings. The second kappa shape index (κ2) is 4.39. The van der Waals surface area contributed by atoms with Crippen LogP contribution in [-0.4, -0.2) is 25.2 Å². The molecule has 4 N–H and O–H groups in total. The van der Waals surface area contributed by atoms with Crippen LogP contribution in [0.1, 0.15) is 6.42 Å². The predicted molar refractivity (Wildman–Crippen MR) is 64.3 cm³/mol. The van der Waals surface area contributed by atoms with Crippen molar-refractivity contribution in [1.82, 2.24) is 5.32 Å². The first-order chi connectivity index (χ1) is 7.24. The Morgan fingerprint density at radius 3 is 2.67 bits per heavy atom. The zero-order chi connectivity index (χ0) is 10.7. The fourth-order valence-corrected chi connectivity index (χ4v) is 2.04. The molecule has 0 amide bonds. The van der Waals surface area contributed by atoms with Crippen LogP contribution >= 0.6 is 11.6 Å². The molecule has 0 aromatic heterocycles. The lowest BCUT2D eigenvalue weighted by Gasteiger charge is -2.29. The molecule has 0 bridgehead atoms. The zero-order valence-corrected chi connectivity index (χ0v) is 9.35. The van der Waals surface area contributed by atoms with Gasteiger partial charge in [-0.25, -0.2) is 0 Å². The van der Waals surface area contributed by atoms with Gasteiger partial charge in [-0.15, -0.1) is 0 Å². The lowest BCUT2D eigenvalue weighted by atomic mass is 9.98. The highest BCUT2D eigenvalue weighted by Gasteiger charge is 2.31. The normalized spacial score (nSPS) is 25.5. The Kier molecular flexibility index (Phi) is 3.14. The van der Waals surface area contributed by atoms with Gasteiger partial charge in [0.1, 0.15) is 0 Å². The maximum atomic E-state index is 5.83. The number of hydrogen-bond acceptors (Lipinski definition) is 3. The van der Waals surface area contributed by atoms with Crippen molar-refractivity contribution < 1.29 is 0 Å². The van der Waals surface area contributed by atoms with Gasteiger partial charge in [0, 0.05) is 23.8 Å². The Balaban J connectivity index is 2.09. The van der Waals surface area contributed by atoms with Crippen molar-refractivity contribution in [1.29, 1.82) is 0 Å². The summed E-state index contributed by atoms with van der Waals surface area (Å²) >= 11 is 5.83. The average Bonchev–Trinajstić information content (AvgIpc) is 2.71. The van der Waals surface area contributed by atoms with Crippen molar-refractivity contribution in [2.45, 2.75) is 12.0 Å². The average molecular weight is 226 g/mol. The van der Waals surface area contributed by atoms with Crippen molar-refractivity contribution in [3.63, 3.8) is 0 Å². The van der Waals surface area contributed by atoms with Crippen LogP contribution in [0, 0.1) is 0 Å². The zero-order valence-electron chi connectivity index (χ0n) is 8.59. The van der Waals surface area contributed by atoms with Crippen LogP contribution in [0.2, 0.25) is 5.02 Å². The fraction of sp³-hybridized carbons (Fsp3) is 0.455. The molecule has 0 aliphatic carbocycles. The van der Waals surface area contributed by atoms with Gasteiger partial charge < -0.3 is 16.4 Å². The number of hydrogen-bond donors (Lipinski definition) is 3. The first-order valence-electron chi connectivity index (χ1n) is 5.19. The van der Waals surface area contributed by atoms with Crippen LogP contribution in [0.5, 0.6) is 0 Å². The quantitative estimate of drug-likeness (QED) is 0.730. The number of nitrogens with one attached hydrogen (secondary N) is 2. The monoisotopic (exact) mass is 225 g/mol. The first kappa shape index (κ1) is 10.7. The molecular formula is C11H16ClN3. The van der Waals surface area contributed by atoms with Gasteiger partial charge in [0.05, 0.1) is 5.54 Å². The third-order valence-corrected chi connectivity index (χ3v) is 3.14. The lowest BCUT2D eigenvalue weighted by molar-refractivity contribution is 0.523. The molecule has 82 valence electrons. The fourth-order valence-electron chi connectivity index (χ4n) is 1.92.